The highest BCUT2D eigenvalue weighted by Gasteiger charge is 2.14. The van der Waals surface area contributed by atoms with Crippen LogP contribution in [0.5, 0.6) is 5.75 Å². The molecule has 1 aromatic heterocycles. The molecule has 1 atom stereocenters. The monoisotopic (exact) mass is 247 g/mol. The number of nitrogens with zero attached hydrogens (tertiary/aromatic N) is 3. The van der Waals surface area contributed by atoms with Crippen molar-refractivity contribution in [1.29, 1.82) is 0 Å². The van der Waals surface area contributed by atoms with E-state index in [1.165, 1.54) is 5.56 Å². The number of hydrogen-bond acceptors (Lipinski definition) is 5. The van der Waals surface area contributed by atoms with Gasteiger partial charge in [0.1, 0.15) is 5.75 Å². The molecular formula is C12H17N5O. The van der Waals surface area contributed by atoms with Crippen LogP contribution in [0.15, 0.2) is 24.3 Å². The Balaban J connectivity index is 1.93. The number of nitrogens with two attached hydrogens (primary N) is 1. The Kier molecular flexibility index (Phi) is 4.25. The van der Waals surface area contributed by atoms with Gasteiger partial charge in [-0.25, -0.2) is 0 Å². The summed E-state index contributed by atoms with van der Waals surface area (Å²) in [5.41, 5.74) is 6.98. The molecule has 2 rings (SSSR count). The molecule has 1 unspecified atom stereocenters. The van der Waals surface area contributed by atoms with E-state index in [-0.39, 0.29) is 5.92 Å². The lowest BCUT2D eigenvalue weighted by molar-refractivity contribution is 0.414. The van der Waals surface area contributed by atoms with Gasteiger partial charge in [0.05, 0.1) is 7.11 Å². The van der Waals surface area contributed by atoms with Crippen LogP contribution in [-0.2, 0) is 6.42 Å². The SMILES string of the molecule is COc1ccc(CCC(CN)c2nn[nH]n2)cc1. The molecule has 2 aromatic rings. The lowest BCUT2D eigenvalue weighted by atomic mass is 9.99. The zero-order chi connectivity index (χ0) is 12.8. The van der Waals surface area contributed by atoms with Gasteiger partial charge in [-0.1, -0.05) is 17.3 Å². The van der Waals surface area contributed by atoms with Gasteiger partial charge in [0.25, 0.3) is 0 Å². The topological polar surface area (TPSA) is 89.7 Å². The second kappa shape index (κ2) is 6.11. The van der Waals surface area contributed by atoms with E-state index in [0.29, 0.717) is 12.4 Å². The molecule has 6 heteroatoms. The molecule has 0 aliphatic carbocycles. The summed E-state index contributed by atoms with van der Waals surface area (Å²) in [5, 5.41) is 14.0. The van der Waals surface area contributed by atoms with Crippen molar-refractivity contribution in [2.24, 2.45) is 5.73 Å². The molecule has 96 valence electrons. The highest BCUT2D eigenvalue weighted by molar-refractivity contribution is 5.27. The standard InChI is InChI=1S/C12H17N5O/c1-18-11-6-3-9(4-7-11)2-5-10(8-13)12-14-16-17-15-12/h3-4,6-7,10H,2,5,8,13H2,1H3,(H,14,15,16,17). The van der Waals surface area contributed by atoms with Crippen LogP contribution in [-0.4, -0.2) is 34.3 Å². The zero-order valence-corrected chi connectivity index (χ0v) is 10.3. The molecule has 0 saturated carbocycles. The molecule has 0 bridgehead atoms. The van der Waals surface area contributed by atoms with E-state index in [9.17, 15) is 0 Å². The first-order chi connectivity index (χ1) is 8.83. The summed E-state index contributed by atoms with van der Waals surface area (Å²) < 4.78 is 5.12. The van der Waals surface area contributed by atoms with Crippen molar-refractivity contribution in [3.05, 3.63) is 35.7 Å². The van der Waals surface area contributed by atoms with E-state index in [2.05, 4.69) is 32.8 Å². The van der Waals surface area contributed by atoms with Gasteiger partial charge in [0.15, 0.2) is 5.82 Å². The maximum atomic E-state index is 5.73. The van der Waals surface area contributed by atoms with Gasteiger partial charge in [0, 0.05) is 12.5 Å². The van der Waals surface area contributed by atoms with Gasteiger partial charge in [-0.05, 0) is 30.5 Å². The molecule has 6 nitrogen and oxygen atoms in total. The van der Waals surface area contributed by atoms with Crippen molar-refractivity contribution < 1.29 is 4.74 Å². The number of methoxy groups -OCH3 is 1. The highest BCUT2D eigenvalue weighted by Crippen LogP contribution is 2.18. The maximum absolute atomic E-state index is 5.73. The third-order valence-corrected chi connectivity index (χ3v) is 2.95. The van der Waals surface area contributed by atoms with E-state index in [0.717, 1.165) is 18.6 Å². The average molecular weight is 247 g/mol. The number of aromatic nitrogens is 4. The van der Waals surface area contributed by atoms with E-state index >= 15 is 0 Å². The first kappa shape index (κ1) is 12.5. The number of aromatic amines is 1. The summed E-state index contributed by atoms with van der Waals surface area (Å²) >= 11 is 0. The summed E-state index contributed by atoms with van der Waals surface area (Å²) in [4.78, 5) is 0. The fraction of sp³-hybridized carbons (Fsp3) is 0.417. The second-order valence-electron chi connectivity index (χ2n) is 4.09. The predicted octanol–water partition coefficient (Wildman–Crippen LogP) is 0.883. The predicted molar refractivity (Wildman–Crippen MR) is 67.3 cm³/mol. The number of hydrogen-bond donors (Lipinski definition) is 2. The van der Waals surface area contributed by atoms with Crippen LogP contribution >= 0.6 is 0 Å². The first-order valence-electron chi connectivity index (χ1n) is 5.90. The number of aryl methyl sites for hydroxylation is 1. The van der Waals surface area contributed by atoms with Gasteiger partial charge < -0.3 is 10.5 Å². The average Bonchev–Trinajstić information content (AvgIpc) is 2.94. The number of ether oxygens (including phenoxy) is 1. The fourth-order valence-corrected chi connectivity index (χ4v) is 1.83. The van der Waals surface area contributed by atoms with E-state index < -0.39 is 0 Å². The second-order valence-corrected chi connectivity index (χ2v) is 4.09. The summed E-state index contributed by atoms with van der Waals surface area (Å²) in [6.07, 6.45) is 1.84. The Labute approximate surface area is 106 Å². The van der Waals surface area contributed by atoms with Crippen molar-refractivity contribution in [2.75, 3.05) is 13.7 Å². The van der Waals surface area contributed by atoms with Crippen molar-refractivity contribution in [1.82, 2.24) is 20.6 Å². The van der Waals surface area contributed by atoms with Crippen LogP contribution in [0.2, 0.25) is 0 Å². The smallest absolute Gasteiger partial charge is 0.178 e. The van der Waals surface area contributed by atoms with Crippen molar-refractivity contribution in [3.8, 4) is 5.75 Å². The summed E-state index contributed by atoms with van der Waals surface area (Å²) in [6, 6.07) is 8.04. The van der Waals surface area contributed by atoms with Crippen molar-refractivity contribution in [3.63, 3.8) is 0 Å². The third kappa shape index (κ3) is 3.04. The minimum absolute atomic E-state index is 0.144. The Morgan fingerprint density at radius 1 is 1.33 bits per heavy atom. The lowest BCUT2D eigenvalue weighted by Gasteiger charge is -2.10. The normalized spacial score (nSPS) is 12.3. The van der Waals surface area contributed by atoms with Crippen LogP contribution in [0, 0.1) is 0 Å². The van der Waals surface area contributed by atoms with E-state index in [4.69, 9.17) is 10.5 Å². The van der Waals surface area contributed by atoms with Crippen LogP contribution in [0.1, 0.15) is 23.7 Å². The Hall–Kier alpha value is -1.95. The molecule has 0 saturated heterocycles. The molecule has 1 heterocycles. The van der Waals surface area contributed by atoms with Crippen LogP contribution in [0.3, 0.4) is 0 Å². The zero-order valence-electron chi connectivity index (χ0n) is 10.3. The number of nitrogens with one attached hydrogen (secondary N) is 1. The van der Waals surface area contributed by atoms with Crippen molar-refractivity contribution in [2.45, 2.75) is 18.8 Å². The van der Waals surface area contributed by atoms with Crippen molar-refractivity contribution >= 4 is 0 Å². The van der Waals surface area contributed by atoms with Gasteiger partial charge in [-0.3, -0.25) is 0 Å². The molecule has 18 heavy (non-hydrogen) atoms. The third-order valence-electron chi connectivity index (χ3n) is 2.95. The Morgan fingerprint density at radius 2 is 2.11 bits per heavy atom. The molecule has 0 spiro atoms. The number of benzene rings is 1. The lowest BCUT2D eigenvalue weighted by Crippen LogP contribution is -2.15. The molecule has 0 amide bonds. The highest BCUT2D eigenvalue weighted by atomic mass is 16.5. The molecule has 3 N–H and O–H groups in total. The minimum Gasteiger partial charge on any atom is -0.497 e. The number of rotatable bonds is 6. The molecule has 0 radical (unpaired) electrons. The number of tetrazole rings is 1. The number of H-pyrrole nitrogens is 1. The fourth-order valence-electron chi connectivity index (χ4n) is 1.83. The molecule has 0 aliphatic heterocycles. The molecule has 0 aliphatic rings. The minimum atomic E-state index is 0.144. The first-order valence-corrected chi connectivity index (χ1v) is 5.90. The quantitative estimate of drug-likeness (QED) is 0.791. The van der Waals surface area contributed by atoms with E-state index in [1.807, 2.05) is 12.1 Å². The molecule has 1 aromatic carbocycles. The summed E-state index contributed by atoms with van der Waals surface area (Å²) in [6.45, 7) is 0.524. The largest absolute Gasteiger partial charge is 0.497 e. The maximum Gasteiger partial charge on any atom is 0.178 e. The Morgan fingerprint density at radius 3 is 2.67 bits per heavy atom. The van der Waals surface area contributed by atoms with Gasteiger partial charge in [0.2, 0.25) is 0 Å². The van der Waals surface area contributed by atoms with Gasteiger partial charge in [-0.2, -0.15) is 5.21 Å². The van der Waals surface area contributed by atoms with E-state index in [1.54, 1.807) is 7.11 Å². The molecule has 0 fully saturated rings. The van der Waals surface area contributed by atoms with Gasteiger partial charge >= 0.3 is 0 Å². The summed E-state index contributed by atoms with van der Waals surface area (Å²) in [7, 11) is 1.66. The van der Waals surface area contributed by atoms with Crippen LogP contribution in [0.25, 0.3) is 0 Å². The molecular weight excluding hydrogens is 230 g/mol. The van der Waals surface area contributed by atoms with Crippen LogP contribution in [0.4, 0.5) is 0 Å². The summed E-state index contributed by atoms with van der Waals surface area (Å²) in [5.74, 6) is 1.70. The van der Waals surface area contributed by atoms with Gasteiger partial charge in [-0.15, -0.1) is 10.2 Å². The Bertz CT molecular complexity index is 454. The van der Waals surface area contributed by atoms with Crippen LogP contribution < -0.4 is 10.5 Å².